The number of hydrogen-bond donors (Lipinski definition) is 1. The van der Waals surface area contributed by atoms with Crippen molar-refractivity contribution in [3.63, 3.8) is 0 Å². The summed E-state index contributed by atoms with van der Waals surface area (Å²) in [6, 6.07) is 0.166. The molecule has 0 bridgehead atoms. The maximum absolute atomic E-state index is 12.4. The Hall–Kier alpha value is -0.360. The Morgan fingerprint density at radius 2 is 2.05 bits per heavy atom. The predicted octanol–water partition coefficient (Wildman–Crippen LogP) is 1.58. The molecule has 3 atom stereocenters. The molecule has 20 heavy (non-hydrogen) atoms. The van der Waals surface area contributed by atoms with Gasteiger partial charge >= 0.3 is 0 Å². The van der Waals surface area contributed by atoms with Crippen LogP contribution < -0.4 is 5.73 Å². The molecule has 1 rings (SSSR count). The molecule has 1 aliphatic rings. The lowest BCUT2D eigenvalue weighted by molar-refractivity contribution is -0.147. The largest absolute Gasteiger partial charge is 0.379 e. The second-order valence-corrected chi connectivity index (χ2v) is 5.16. The van der Waals surface area contributed by atoms with Crippen molar-refractivity contribution < 1.29 is 14.3 Å². The molecular formula is C14H29ClN2O3. The highest BCUT2D eigenvalue weighted by Gasteiger charge is 2.31. The van der Waals surface area contributed by atoms with E-state index >= 15 is 0 Å². The summed E-state index contributed by atoms with van der Waals surface area (Å²) in [4.78, 5) is 14.3. The molecule has 1 heterocycles. The number of piperidine rings is 1. The molecule has 1 amide bonds. The Balaban J connectivity index is 0.00000361. The van der Waals surface area contributed by atoms with Crippen molar-refractivity contribution >= 4 is 18.3 Å². The minimum Gasteiger partial charge on any atom is -0.379 e. The Labute approximate surface area is 128 Å². The summed E-state index contributed by atoms with van der Waals surface area (Å²) in [6.07, 6.45) is 2.78. The molecule has 1 saturated heterocycles. The standard InChI is InChI=1S/C14H28N2O3.ClH/c1-4-18-9-10-19-12(3)14(17)16-8-6-5-7-13(16)11(2)15;/h11-13H,4-10,15H2,1-3H3;1H. The number of ether oxygens (including phenoxy) is 2. The monoisotopic (exact) mass is 308 g/mol. The summed E-state index contributed by atoms with van der Waals surface area (Å²) in [5, 5.41) is 0. The minimum absolute atomic E-state index is 0. The van der Waals surface area contributed by atoms with Crippen molar-refractivity contribution in [1.82, 2.24) is 4.90 Å². The van der Waals surface area contributed by atoms with Crippen LogP contribution in [0.5, 0.6) is 0 Å². The van der Waals surface area contributed by atoms with Crippen LogP contribution >= 0.6 is 12.4 Å². The smallest absolute Gasteiger partial charge is 0.251 e. The van der Waals surface area contributed by atoms with Crippen LogP contribution in [0, 0.1) is 0 Å². The van der Waals surface area contributed by atoms with Gasteiger partial charge in [0.2, 0.25) is 0 Å². The lowest BCUT2D eigenvalue weighted by Crippen LogP contribution is -2.54. The van der Waals surface area contributed by atoms with E-state index in [1.807, 2.05) is 18.7 Å². The van der Waals surface area contributed by atoms with E-state index in [4.69, 9.17) is 15.2 Å². The third-order valence-corrected chi connectivity index (χ3v) is 3.59. The summed E-state index contributed by atoms with van der Waals surface area (Å²) in [6.45, 7) is 8.17. The maximum atomic E-state index is 12.4. The van der Waals surface area contributed by atoms with Gasteiger partial charge < -0.3 is 20.1 Å². The van der Waals surface area contributed by atoms with Gasteiger partial charge in [0, 0.05) is 25.2 Å². The molecule has 5 nitrogen and oxygen atoms in total. The average molecular weight is 309 g/mol. The number of amides is 1. The third-order valence-electron chi connectivity index (χ3n) is 3.59. The molecule has 0 aromatic carbocycles. The molecule has 0 saturated carbocycles. The first-order valence-electron chi connectivity index (χ1n) is 7.33. The van der Waals surface area contributed by atoms with E-state index < -0.39 is 6.10 Å². The minimum atomic E-state index is -0.417. The second-order valence-electron chi connectivity index (χ2n) is 5.16. The highest BCUT2D eigenvalue weighted by Crippen LogP contribution is 2.20. The summed E-state index contributed by atoms with van der Waals surface area (Å²) in [7, 11) is 0. The zero-order valence-corrected chi connectivity index (χ0v) is 13.7. The van der Waals surface area contributed by atoms with Gasteiger partial charge in [-0.3, -0.25) is 4.79 Å². The number of rotatable bonds is 7. The van der Waals surface area contributed by atoms with Crippen LogP contribution in [-0.4, -0.2) is 55.4 Å². The zero-order valence-electron chi connectivity index (χ0n) is 12.8. The van der Waals surface area contributed by atoms with E-state index in [0.29, 0.717) is 19.8 Å². The molecule has 1 aliphatic heterocycles. The lowest BCUT2D eigenvalue weighted by atomic mass is 9.96. The van der Waals surface area contributed by atoms with Crippen molar-refractivity contribution in [2.75, 3.05) is 26.4 Å². The fraction of sp³-hybridized carbons (Fsp3) is 0.929. The van der Waals surface area contributed by atoms with Gasteiger partial charge in [-0.25, -0.2) is 0 Å². The zero-order chi connectivity index (χ0) is 14.3. The first-order valence-corrected chi connectivity index (χ1v) is 7.33. The number of likely N-dealkylation sites (tertiary alicyclic amines) is 1. The van der Waals surface area contributed by atoms with Gasteiger partial charge in [0.05, 0.1) is 13.2 Å². The van der Waals surface area contributed by atoms with Crippen molar-refractivity contribution in [3.05, 3.63) is 0 Å². The van der Waals surface area contributed by atoms with E-state index in [1.54, 1.807) is 6.92 Å². The van der Waals surface area contributed by atoms with Gasteiger partial charge in [-0.2, -0.15) is 0 Å². The molecular weight excluding hydrogens is 280 g/mol. The van der Waals surface area contributed by atoms with Crippen molar-refractivity contribution in [2.24, 2.45) is 5.73 Å². The maximum Gasteiger partial charge on any atom is 0.251 e. The number of nitrogens with zero attached hydrogens (tertiary/aromatic N) is 1. The van der Waals surface area contributed by atoms with E-state index in [1.165, 1.54) is 0 Å². The lowest BCUT2D eigenvalue weighted by Gasteiger charge is -2.39. The van der Waals surface area contributed by atoms with Crippen LogP contribution in [0.3, 0.4) is 0 Å². The van der Waals surface area contributed by atoms with Gasteiger partial charge in [0.25, 0.3) is 5.91 Å². The van der Waals surface area contributed by atoms with Gasteiger partial charge in [0.1, 0.15) is 6.10 Å². The molecule has 0 aromatic heterocycles. The molecule has 2 N–H and O–H groups in total. The Morgan fingerprint density at radius 1 is 1.35 bits per heavy atom. The molecule has 0 aliphatic carbocycles. The molecule has 6 heteroatoms. The Bertz CT molecular complexity index is 277. The first kappa shape index (κ1) is 19.6. The average Bonchev–Trinajstić information content (AvgIpc) is 2.42. The highest BCUT2D eigenvalue weighted by atomic mass is 35.5. The van der Waals surface area contributed by atoms with Gasteiger partial charge in [-0.15, -0.1) is 12.4 Å². The van der Waals surface area contributed by atoms with Gasteiger partial charge in [-0.1, -0.05) is 0 Å². The summed E-state index contributed by atoms with van der Waals surface area (Å²) >= 11 is 0. The third kappa shape index (κ3) is 5.95. The van der Waals surface area contributed by atoms with E-state index in [0.717, 1.165) is 25.8 Å². The van der Waals surface area contributed by atoms with Crippen molar-refractivity contribution in [2.45, 2.75) is 58.2 Å². The fourth-order valence-electron chi connectivity index (χ4n) is 2.51. The summed E-state index contributed by atoms with van der Waals surface area (Å²) in [5.74, 6) is 0.0542. The number of carbonyl (C=O) groups is 1. The van der Waals surface area contributed by atoms with E-state index in [9.17, 15) is 4.79 Å². The van der Waals surface area contributed by atoms with Crippen molar-refractivity contribution in [1.29, 1.82) is 0 Å². The summed E-state index contributed by atoms with van der Waals surface area (Å²) in [5.41, 5.74) is 5.98. The van der Waals surface area contributed by atoms with Crippen molar-refractivity contribution in [3.8, 4) is 0 Å². The van der Waals surface area contributed by atoms with E-state index in [-0.39, 0.29) is 30.4 Å². The molecule has 1 fully saturated rings. The number of hydrogen-bond acceptors (Lipinski definition) is 4. The SMILES string of the molecule is CCOCCOC(C)C(=O)N1CCCCC1C(C)N.Cl. The highest BCUT2D eigenvalue weighted by molar-refractivity contribution is 5.85. The molecule has 0 spiro atoms. The number of halogens is 1. The fourth-order valence-corrected chi connectivity index (χ4v) is 2.51. The van der Waals surface area contributed by atoms with Crippen LogP contribution in [0.15, 0.2) is 0 Å². The van der Waals surface area contributed by atoms with Gasteiger partial charge in [-0.05, 0) is 40.0 Å². The van der Waals surface area contributed by atoms with Crippen LogP contribution in [0.4, 0.5) is 0 Å². The molecule has 3 unspecified atom stereocenters. The topological polar surface area (TPSA) is 64.8 Å². The van der Waals surface area contributed by atoms with Gasteiger partial charge in [0.15, 0.2) is 0 Å². The van der Waals surface area contributed by atoms with Crippen LogP contribution in [0.2, 0.25) is 0 Å². The molecule has 0 radical (unpaired) electrons. The van der Waals surface area contributed by atoms with Crippen LogP contribution in [-0.2, 0) is 14.3 Å². The van der Waals surface area contributed by atoms with Crippen LogP contribution in [0.1, 0.15) is 40.0 Å². The first-order chi connectivity index (χ1) is 9.07. The molecule has 120 valence electrons. The number of carbonyl (C=O) groups excluding carboxylic acids is 1. The number of nitrogens with two attached hydrogens (primary N) is 1. The molecule has 0 aromatic rings. The predicted molar refractivity (Wildman–Crippen MR) is 82.2 cm³/mol. The van der Waals surface area contributed by atoms with Crippen LogP contribution in [0.25, 0.3) is 0 Å². The van der Waals surface area contributed by atoms with E-state index in [2.05, 4.69) is 0 Å². The quantitative estimate of drug-likeness (QED) is 0.725. The summed E-state index contributed by atoms with van der Waals surface area (Å²) < 4.78 is 10.7. The normalized spacial score (nSPS) is 22.0. The Morgan fingerprint density at radius 3 is 2.65 bits per heavy atom. The Kier molecular flexibility index (Phi) is 10.2. The second kappa shape index (κ2) is 10.4.